The largest absolute Gasteiger partial charge is 0.493 e. The molecule has 142 valence electrons. The molecule has 0 aliphatic rings. The number of hydrogen-bond donors (Lipinski definition) is 2. The first-order valence-corrected chi connectivity index (χ1v) is 8.89. The van der Waals surface area contributed by atoms with E-state index >= 15 is 0 Å². The first kappa shape index (κ1) is 20.1. The van der Waals surface area contributed by atoms with Gasteiger partial charge in [0, 0.05) is 24.9 Å². The van der Waals surface area contributed by atoms with Gasteiger partial charge in [-0.25, -0.2) is 0 Å². The van der Waals surface area contributed by atoms with Crippen LogP contribution in [0.15, 0.2) is 67.3 Å². The lowest BCUT2D eigenvalue weighted by Crippen LogP contribution is -2.23. The van der Waals surface area contributed by atoms with Crippen LogP contribution in [0.1, 0.15) is 12.0 Å². The molecule has 2 aromatic rings. The molecule has 2 rings (SSSR count). The second-order valence-corrected chi connectivity index (χ2v) is 5.78. The molecule has 2 N–H and O–H groups in total. The van der Waals surface area contributed by atoms with Crippen LogP contribution in [0.4, 0.5) is 5.69 Å². The molecule has 0 fully saturated rings. The predicted molar refractivity (Wildman–Crippen MR) is 110 cm³/mol. The molecule has 27 heavy (non-hydrogen) atoms. The topological polar surface area (TPSA) is 59.6 Å². The molecule has 0 aromatic heterocycles. The van der Waals surface area contributed by atoms with Crippen LogP contribution >= 0.6 is 0 Å². The molecule has 0 bridgehead atoms. The van der Waals surface area contributed by atoms with Crippen LogP contribution in [0.2, 0.25) is 0 Å². The van der Waals surface area contributed by atoms with E-state index in [1.807, 2.05) is 48.5 Å². The summed E-state index contributed by atoms with van der Waals surface area (Å²) in [6.07, 6.45) is 5.78. The summed E-state index contributed by atoms with van der Waals surface area (Å²) in [4.78, 5) is 11.9. The van der Waals surface area contributed by atoms with E-state index in [0.29, 0.717) is 24.7 Å². The molecule has 0 aliphatic heterocycles. The van der Waals surface area contributed by atoms with Crippen molar-refractivity contribution in [2.45, 2.75) is 6.42 Å². The number of rotatable bonds is 11. The molecule has 0 saturated carbocycles. The number of ether oxygens (including phenoxy) is 2. The van der Waals surface area contributed by atoms with Crippen LogP contribution in [0.3, 0.4) is 0 Å². The fourth-order valence-electron chi connectivity index (χ4n) is 2.38. The average Bonchev–Trinajstić information content (AvgIpc) is 2.71. The van der Waals surface area contributed by atoms with Crippen LogP contribution in [0.25, 0.3) is 6.08 Å². The van der Waals surface area contributed by atoms with Crippen molar-refractivity contribution in [3.8, 4) is 11.5 Å². The van der Waals surface area contributed by atoms with Gasteiger partial charge in [0.1, 0.15) is 6.61 Å². The summed E-state index contributed by atoms with van der Waals surface area (Å²) < 4.78 is 10.8. The minimum Gasteiger partial charge on any atom is -0.493 e. The number of benzene rings is 2. The number of methoxy groups -OCH3 is 1. The highest BCUT2D eigenvalue weighted by Crippen LogP contribution is 2.28. The zero-order valence-corrected chi connectivity index (χ0v) is 15.6. The highest BCUT2D eigenvalue weighted by molar-refractivity contribution is 5.91. The standard InChI is InChI=1S/C22H26N2O3/c1-3-16-27-20-12-10-18(17-21(20)26-2)11-13-22(25)24-15-7-14-23-19-8-5-4-6-9-19/h3-6,8-13,17,23H,1,7,14-16H2,2H3,(H,24,25)/b13-11+. The van der Waals surface area contributed by atoms with Gasteiger partial charge in [0.2, 0.25) is 5.91 Å². The lowest BCUT2D eigenvalue weighted by molar-refractivity contribution is -0.116. The minimum atomic E-state index is -0.124. The van der Waals surface area contributed by atoms with Crippen LogP contribution in [0.5, 0.6) is 11.5 Å². The van der Waals surface area contributed by atoms with Gasteiger partial charge in [-0.2, -0.15) is 0 Å². The van der Waals surface area contributed by atoms with Gasteiger partial charge < -0.3 is 20.1 Å². The molecule has 1 amide bonds. The van der Waals surface area contributed by atoms with Gasteiger partial charge in [-0.15, -0.1) is 0 Å². The highest BCUT2D eigenvalue weighted by atomic mass is 16.5. The second-order valence-electron chi connectivity index (χ2n) is 5.78. The molecule has 2 aromatic carbocycles. The van der Waals surface area contributed by atoms with Gasteiger partial charge in [0.25, 0.3) is 0 Å². The van der Waals surface area contributed by atoms with Crippen molar-refractivity contribution in [3.63, 3.8) is 0 Å². The van der Waals surface area contributed by atoms with E-state index in [9.17, 15) is 4.79 Å². The third-order valence-corrected chi connectivity index (χ3v) is 3.73. The number of carbonyl (C=O) groups excluding carboxylic acids is 1. The third-order valence-electron chi connectivity index (χ3n) is 3.73. The molecular formula is C22H26N2O3. The molecule has 0 unspecified atom stereocenters. The average molecular weight is 366 g/mol. The normalized spacial score (nSPS) is 10.4. The fraction of sp³-hybridized carbons (Fsp3) is 0.227. The van der Waals surface area contributed by atoms with Crippen molar-refractivity contribution in [2.24, 2.45) is 0 Å². The number of amides is 1. The maximum Gasteiger partial charge on any atom is 0.244 e. The van der Waals surface area contributed by atoms with Crippen molar-refractivity contribution >= 4 is 17.7 Å². The second kappa shape index (κ2) is 11.4. The number of para-hydroxylation sites is 1. The van der Waals surface area contributed by atoms with E-state index in [0.717, 1.165) is 24.2 Å². The maximum absolute atomic E-state index is 11.9. The van der Waals surface area contributed by atoms with Crippen molar-refractivity contribution in [1.29, 1.82) is 0 Å². The van der Waals surface area contributed by atoms with Gasteiger partial charge in [0.05, 0.1) is 7.11 Å². The Kier molecular flexibility index (Phi) is 8.50. The smallest absolute Gasteiger partial charge is 0.244 e. The Hall–Kier alpha value is -3.21. The molecule has 0 saturated heterocycles. The summed E-state index contributed by atoms with van der Waals surface area (Å²) in [5.74, 6) is 1.14. The summed E-state index contributed by atoms with van der Waals surface area (Å²) in [7, 11) is 1.58. The Morgan fingerprint density at radius 2 is 1.93 bits per heavy atom. The van der Waals surface area contributed by atoms with Crippen LogP contribution in [0, 0.1) is 0 Å². The summed E-state index contributed by atoms with van der Waals surface area (Å²) in [6.45, 7) is 5.45. The summed E-state index contributed by atoms with van der Waals surface area (Å²) in [6, 6.07) is 15.5. The van der Waals surface area contributed by atoms with E-state index in [-0.39, 0.29) is 5.91 Å². The Morgan fingerprint density at radius 3 is 2.67 bits per heavy atom. The van der Waals surface area contributed by atoms with E-state index < -0.39 is 0 Å². The van der Waals surface area contributed by atoms with E-state index in [2.05, 4.69) is 17.2 Å². The highest BCUT2D eigenvalue weighted by Gasteiger charge is 2.04. The van der Waals surface area contributed by atoms with Crippen LogP contribution in [-0.4, -0.2) is 32.7 Å². The quantitative estimate of drug-likeness (QED) is 0.360. The molecule has 0 aliphatic carbocycles. The number of anilines is 1. The Balaban J connectivity index is 1.74. The third kappa shape index (κ3) is 7.28. The Labute approximate surface area is 160 Å². The first-order valence-electron chi connectivity index (χ1n) is 8.89. The molecule has 0 atom stereocenters. The van der Waals surface area contributed by atoms with Gasteiger partial charge in [0.15, 0.2) is 11.5 Å². The van der Waals surface area contributed by atoms with Gasteiger partial charge in [-0.05, 0) is 42.3 Å². The Bertz CT molecular complexity index is 757. The molecule has 0 spiro atoms. The van der Waals surface area contributed by atoms with Crippen molar-refractivity contribution in [3.05, 3.63) is 72.8 Å². The predicted octanol–water partition coefficient (Wildman–Crippen LogP) is 3.89. The van der Waals surface area contributed by atoms with Gasteiger partial charge in [-0.1, -0.05) is 36.9 Å². The van der Waals surface area contributed by atoms with E-state index in [1.165, 1.54) is 6.08 Å². The van der Waals surface area contributed by atoms with Crippen molar-refractivity contribution < 1.29 is 14.3 Å². The van der Waals surface area contributed by atoms with Crippen molar-refractivity contribution in [1.82, 2.24) is 5.32 Å². The monoisotopic (exact) mass is 366 g/mol. The van der Waals surface area contributed by atoms with E-state index in [1.54, 1.807) is 19.3 Å². The molecule has 5 nitrogen and oxygen atoms in total. The zero-order valence-electron chi connectivity index (χ0n) is 15.6. The summed E-state index contributed by atoms with van der Waals surface area (Å²) in [5.41, 5.74) is 1.94. The lowest BCUT2D eigenvalue weighted by atomic mass is 10.2. The summed E-state index contributed by atoms with van der Waals surface area (Å²) in [5, 5.41) is 6.18. The zero-order chi connectivity index (χ0) is 19.3. The number of hydrogen-bond acceptors (Lipinski definition) is 4. The van der Waals surface area contributed by atoms with Crippen LogP contribution < -0.4 is 20.1 Å². The lowest BCUT2D eigenvalue weighted by Gasteiger charge is -2.09. The molecule has 5 heteroatoms. The van der Waals surface area contributed by atoms with Gasteiger partial charge in [-0.3, -0.25) is 4.79 Å². The Morgan fingerprint density at radius 1 is 1.11 bits per heavy atom. The first-order chi connectivity index (χ1) is 13.2. The molecular weight excluding hydrogens is 340 g/mol. The number of carbonyl (C=O) groups is 1. The minimum absolute atomic E-state index is 0.124. The van der Waals surface area contributed by atoms with Crippen molar-refractivity contribution in [2.75, 3.05) is 32.1 Å². The molecule has 0 radical (unpaired) electrons. The van der Waals surface area contributed by atoms with E-state index in [4.69, 9.17) is 9.47 Å². The SMILES string of the molecule is C=CCOc1ccc(/C=C/C(=O)NCCCNc2ccccc2)cc1OC. The molecule has 0 heterocycles. The van der Waals surface area contributed by atoms with Crippen LogP contribution in [-0.2, 0) is 4.79 Å². The fourth-order valence-corrected chi connectivity index (χ4v) is 2.38. The number of nitrogens with one attached hydrogen (secondary N) is 2. The summed E-state index contributed by atoms with van der Waals surface area (Å²) >= 11 is 0. The maximum atomic E-state index is 11.9. The van der Waals surface area contributed by atoms with Gasteiger partial charge >= 0.3 is 0 Å².